The van der Waals surface area contributed by atoms with Crippen molar-refractivity contribution < 1.29 is 0 Å². The maximum atomic E-state index is 3.31. The van der Waals surface area contributed by atoms with E-state index >= 15 is 0 Å². The monoisotopic (exact) mass is 151 g/mol. The third-order valence-corrected chi connectivity index (χ3v) is 2.28. The molecule has 0 spiro atoms. The predicted octanol–water partition coefficient (Wildman–Crippen LogP) is 3.23. The number of nitrogens with one attached hydrogen (secondary N) is 1. The molecule has 1 aromatic rings. The van der Waals surface area contributed by atoms with E-state index in [1.54, 1.807) is 0 Å². The summed E-state index contributed by atoms with van der Waals surface area (Å²) in [7, 11) is 0. The Morgan fingerprint density at radius 2 is 2.00 bits per heavy atom. The van der Waals surface area contributed by atoms with Gasteiger partial charge in [0.1, 0.15) is 0 Å². The Bertz CT molecular complexity index is 208. The first kappa shape index (κ1) is 8.38. The number of hydrogen-bond donors (Lipinski definition) is 1. The molecule has 0 saturated heterocycles. The summed E-state index contributed by atoms with van der Waals surface area (Å²) in [5, 5.41) is 0. The topological polar surface area (TPSA) is 15.8 Å². The van der Waals surface area contributed by atoms with E-state index in [4.69, 9.17) is 0 Å². The molecule has 0 saturated carbocycles. The zero-order chi connectivity index (χ0) is 8.27. The van der Waals surface area contributed by atoms with Gasteiger partial charge in [0.15, 0.2) is 0 Å². The Balaban J connectivity index is 2.73. The van der Waals surface area contributed by atoms with Crippen molar-refractivity contribution in [3.63, 3.8) is 0 Å². The quantitative estimate of drug-likeness (QED) is 0.682. The highest BCUT2D eigenvalue weighted by Gasteiger charge is 2.06. The molecule has 0 aliphatic heterocycles. The van der Waals surface area contributed by atoms with Gasteiger partial charge in [-0.05, 0) is 37.3 Å². The number of aromatic amines is 1. The molecule has 0 amide bonds. The molecule has 0 radical (unpaired) electrons. The van der Waals surface area contributed by atoms with Crippen LogP contribution in [0.3, 0.4) is 0 Å². The number of aromatic nitrogens is 1. The molecule has 0 bridgehead atoms. The average molecular weight is 151 g/mol. The van der Waals surface area contributed by atoms with Crippen molar-refractivity contribution in [1.82, 2.24) is 4.98 Å². The lowest BCUT2D eigenvalue weighted by atomic mass is 10.00. The lowest BCUT2D eigenvalue weighted by Gasteiger charge is -2.08. The van der Waals surface area contributed by atoms with Crippen molar-refractivity contribution in [2.45, 2.75) is 39.5 Å². The maximum absolute atomic E-state index is 3.31. The molecular weight excluding hydrogens is 134 g/mol. The minimum absolute atomic E-state index is 0.726. The van der Waals surface area contributed by atoms with E-state index in [9.17, 15) is 0 Å². The second-order valence-corrected chi connectivity index (χ2v) is 3.15. The van der Waals surface area contributed by atoms with Crippen LogP contribution in [0.4, 0.5) is 0 Å². The van der Waals surface area contributed by atoms with Gasteiger partial charge in [-0.3, -0.25) is 0 Å². The summed E-state index contributed by atoms with van der Waals surface area (Å²) in [6.45, 7) is 6.61. The van der Waals surface area contributed by atoms with Crippen LogP contribution in [-0.2, 0) is 0 Å². The average Bonchev–Trinajstić information content (AvgIpc) is 2.39. The first-order valence-electron chi connectivity index (χ1n) is 4.42. The molecule has 1 nitrogen and oxygen atoms in total. The van der Waals surface area contributed by atoms with Crippen LogP contribution < -0.4 is 0 Å². The fourth-order valence-corrected chi connectivity index (χ4v) is 1.49. The molecule has 0 fully saturated rings. The van der Waals surface area contributed by atoms with Crippen LogP contribution in [0.1, 0.15) is 43.9 Å². The minimum Gasteiger partial charge on any atom is -0.364 e. The second-order valence-electron chi connectivity index (χ2n) is 3.15. The standard InChI is InChI=1S/C10H17N/c1-4-9(5-2)10-6-8(3)7-11-10/h6-7,9,11H,4-5H2,1-3H3. The highest BCUT2D eigenvalue weighted by molar-refractivity contribution is 5.17. The van der Waals surface area contributed by atoms with E-state index in [1.165, 1.54) is 24.1 Å². The van der Waals surface area contributed by atoms with Crippen LogP contribution in [0.15, 0.2) is 12.3 Å². The fourth-order valence-electron chi connectivity index (χ4n) is 1.49. The molecule has 0 aliphatic rings. The van der Waals surface area contributed by atoms with Crippen molar-refractivity contribution in [3.05, 3.63) is 23.5 Å². The molecule has 1 N–H and O–H groups in total. The minimum atomic E-state index is 0.726. The van der Waals surface area contributed by atoms with E-state index in [0.29, 0.717) is 0 Å². The van der Waals surface area contributed by atoms with Gasteiger partial charge in [0.25, 0.3) is 0 Å². The summed E-state index contributed by atoms with van der Waals surface area (Å²) in [6.07, 6.45) is 4.54. The third-order valence-electron chi connectivity index (χ3n) is 2.28. The summed E-state index contributed by atoms with van der Waals surface area (Å²) in [4.78, 5) is 3.31. The van der Waals surface area contributed by atoms with Gasteiger partial charge in [-0.2, -0.15) is 0 Å². The van der Waals surface area contributed by atoms with Crippen LogP contribution in [-0.4, -0.2) is 4.98 Å². The van der Waals surface area contributed by atoms with E-state index in [1.807, 2.05) is 0 Å². The van der Waals surface area contributed by atoms with E-state index in [2.05, 4.69) is 38.0 Å². The normalized spacial score (nSPS) is 10.9. The van der Waals surface area contributed by atoms with E-state index in [-0.39, 0.29) is 0 Å². The third kappa shape index (κ3) is 1.86. The van der Waals surface area contributed by atoms with Crippen LogP contribution in [0.25, 0.3) is 0 Å². The number of aryl methyl sites for hydroxylation is 1. The van der Waals surface area contributed by atoms with Gasteiger partial charge in [0.2, 0.25) is 0 Å². The fraction of sp³-hybridized carbons (Fsp3) is 0.600. The first-order valence-corrected chi connectivity index (χ1v) is 4.42. The molecule has 0 aliphatic carbocycles. The molecule has 0 atom stereocenters. The van der Waals surface area contributed by atoms with Gasteiger partial charge < -0.3 is 4.98 Å². The van der Waals surface area contributed by atoms with Crippen LogP contribution in [0, 0.1) is 6.92 Å². The molecule has 0 aromatic carbocycles. The van der Waals surface area contributed by atoms with Crippen molar-refractivity contribution in [1.29, 1.82) is 0 Å². The summed E-state index contributed by atoms with van der Waals surface area (Å²) in [5.41, 5.74) is 2.74. The summed E-state index contributed by atoms with van der Waals surface area (Å²) in [6, 6.07) is 2.25. The highest BCUT2D eigenvalue weighted by atomic mass is 14.7. The lowest BCUT2D eigenvalue weighted by molar-refractivity contribution is 0.627. The van der Waals surface area contributed by atoms with Crippen molar-refractivity contribution in [2.24, 2.45) is 0 Å². The SMILES string of the molecule is CCC(CC)c1cc(C)c[nH]1. The molecular formula is C10H17N. The zero-order valence-electron chi connectivity index (χ0n) is 7.65. The molecule has 1 heteroatoms. The van der Waals surface area contributed by atoms with E-state index < -0.39 is 0 Å². The van der Waals surface area contributed by atoms with E-state index in [0.717, 1.165) is 5.92 Å². The maximum Gasteiger partial charge on any atom is 0.0181 e. The van der Waals surface area contributed by atoms with Crippen LogP contribution in [0.2, 0.25) is 0 Å². The molecule has 1 rings (SSSR count). The Labute approximate surface area is 68.8 Å². The predicted molar refractivity (Wildman–Crippen MR) is 48.9 cm³/mol. The van der Waals surface area contributed by atoms with Gasteiger partial charge in [-0.1, -0.05) is 13.8 Å². The van der Waals surface area contributed by atoms with Gasteiger partial charge in [0.05, 0.1) is 0 Å². The Morgan fingerprint density at radius 3 is 2.36 bits per heavy atom. The van der Waals surface area contributed by atoms with Gasteiger partial charge in [-0.15, -0.1) is 0 Å². The number of rotatable bonds is 3. The zero-order valence-corrected chi connectivity index (χ0v) is 7.65. The van der Waals surface area contributed by atoms with Gasteiger partial charge >= 0.3 is 0 Å². The van der Waals surface area contributed by atoms with Gasteiger partial charge in [0, 0.05) is 11.9 Å². The molecule has 1 heterocycles. The van der Waals surface area contributed by atoms with Crippen LogP contribution in [0.5, 0.6) is 0 Å². The largest absolute Gasteiger partial charge is 0.364 e. The smallest absolute Gasteiger partial charge is 0.0181 e. The van der Waals surface area contributed by atoms with Crippen molar-refractivity contribution >= 4 is 0 Å². The Morgan fingerprint density at radius 1 is 1.36 bits per heavy atom. The number of H-pyrrole nitrogens is 1. The summed E-state index contributed by atoms with van der Waals surface area (Å²) >= 11 is 0. The van der Waals surface area contributed by atoms with Crippen molar-refractivity contribution in [2.75, 3.05) is 0 Å². The summed E-state index contributed by atoms with van der Waals surface area (Å²) in [5.74, 6) is 0.726. The molecule has 1 aromatic heterocycles. The Kier molecular flexibility index (Phi) is 2.75. The summed E-state index contributed by atoms with van der Waals surface area (Å²) < 4.78 is 0. The molecule has 62 valence electrons. The molecule has 11 heavy (non-hydrogen) atoms. The van der Waals surface area contributed by atoms with Gasteiger partial charge in [-0.25, -0.2) is 0 Å². The van der Waals surface area contributed by atoms with Crippen molar-refractivity contribution in [3.8, 4) is 0 Å². The first-order chi connectivity index (χ1) is 5.27. The second kappa shape index (κ2) is 3.61. The number of hydrogen-bond acceptors (Lipinski definition) is 0. The molecule has 0 unspecified atom stereocenters. The lowest BCUT2D eigenvalue weighted by Crippen LogP contribution is -1.94. The Hall–Kier alpha value is -0.720. The highest BCUT2D eigenvalue weighted by Crippen LogP contribution is 2.21. The van der Waals surface area contributed by atoms with Crippen LogP contribution >= 0.6 is 0 Å².